The fraction of sp³-hybridized carbons (Fsp3) is 0.941. The average Bonchev–Trinajstić information content (AvgIpc) is 2.54. The van der Waals surface area contributed by atoms with Crippen LogP contribution in [0.15, 0.2) is 4.99 Å². The molecule has 7 nitrogen and oxygen atoms in total. The van der Waals surface area contributed by atoms with E-state index in [1.54, 1.807) is 0 Å². The van der Waals surface area contributed by atoms with Gasteiger partial charge in [0.25, 0.3) is 0 Å². The Hall–Kier alpha value is -0.130. The van der Waals surface area contributed by atoms with Crippen LogP contribution in [0.3, 0.4) is 0 Å². The maximum absolute atomic E-state index is 12.2. The van der Waals surface area contributed by atoms with Crippen molar-refractivity contribution in [3.63, 3.8) is 0 Å². The van der Waals surface area contributed by atoms with E-state index < -0.39 is 14.6 Å². The zero-order valence-electron chi connectivity index (χ0n) is 16.9. The van der Waals surface area contributed by atoms with Crippen LogP contribution in [0.5, 0.6) is 0 Å². The molecule has 2 rings (SSSR count). The second-order valence-electron chi connectivity index (χ2n) is 7.88. The monoisotopic (exact) mass is 501 g/mol. The van der Waals surface area contributed by atoms with E-state index in [2.05, 4.69) is 34.0 Å². The zero-order valence-corrected chi connectivity index (χ0v) is 20.0. The van der Waals surface area contributed by atoms with Crippen LogP contribution >= 0.6 is 24.0 Å². The molecule has 0 aromatic heterocycles. The molecule has 2 heterocycles. The number of piperazine rings is 1. The number of halogens is 1. The van der Waals surface area contributed by atoms with Crippen molar-refractivity contribution in [1.29, 1.82) is 0 Å². The summed E-state index contributed by atoms with van der Waals surface area (Å²) in [6.07, 6.45) is 0. The molecule has 2 aliphatic rings. The van der Waals surface area contributed by atoms with Crippen LogP contribution in [0.1, 0.15) is 27.7 Å². The Bertz CT molecular complexity index is 574. The Balaban J connectivity index is 0.00000338. The van der Waals surface area contributed by atoms with E-state index in [1.165, 1.54) is 0 Å². The van der Waals surface area contributed by atoms with Crippen molar-refractivity contribution in [2.45, 2.75) is 38.5 Å². The van der Waals surface area contributed by atoms with Crippen molar-refractivity contribution >= 4 is 39.8 Å². The number of sulfone groups is 1. The van der Waals surface area contributed by atoms with Gasteiger partial charge in [-0.1, -0.05) is 0 Å². The number of guanidine groups is 1. The van der Waals surface area contributed by atoms with Gasteiger partial charge in [0.1, 0.15) is 0 Å². The van der Waals surface area contributed by atoms with E-state index in [4.69, 9.17) is 4.99 Å². The van der Waals surface area contributed by atoms with E-state index in [1.807, 2.05) is 20.8 Å². The number of likely N-dealkylation sites (N-methyl/N-ethyl adjacent to an activating group) is 1. The van der Waals surface area contributed by atoms with Crippen molar-refractivity contribution in [3.05, 3.63) is 0 Å². The van der Waals surface area contributed by atoms with Crippen molar-refractivity contribution in [1.82, 2.24) is 20.0 Å². The van der Waals surface area contributed by atoms with Crippen molar-refractivity contribution in [2.24, 2.45) is 4.99 Å². The topological polar surface area (TPSA) is 68.2 Å². The third kappa shape index (κ3) is 5.93. The lowest BCUT2D eigenvalue weighted by Gasteiger charge is -2.39. The Morgan fingerprint density at radius 1 is 1.19 bits per heavy atom. The van der Waals surface area contributed by atoms with E-state index in [-0.39, 0.29) is 29.7 Å². The largest absolute Gasteiger partial charge is 0.357 e. The lowest BCUT2D eigenvalue weighted by atomic mass is 10.2. The molecule has 2 aliphatic heterocycles. The summed E-state index contributed by atoms with van der Waals surface area (Å²) >= 11 is 0. The molecule has 9 heteroatoms. The third-order valence-electron chi connectivity index (χ3n) is 5.34. The lowest BCUT2D eigenvalue weighted by Crippen LogP contribution is -2.57. The summed E-state index contributed by atoms with van der Waals surface area (Å²) in [6, 6.07) is 0.392. The molecule has 2 fully saturated rings. The van der Waals surface area contributed by atoms with E-state index in [0.717, 1.165) is 45.2 Å². The molecule has 0 aliphatic carbocycles. The average molecular weight is 501 g/mol. The molecular weight excluding hydrogens is 465 g/mol. The number of hydrogen-bond donors (Lipinski definition) is 1. The smallest absolute Gasteiger partial charge is 0.194 e. The third-order valence-corrected chi connectivity index (χ3v) is 7.88. The normalized spacial score (nSPS) is 25.4. The van der Waals surface area contributed by atoms with Crippen LogP contribution in [-0.4, -0.2) is 105 Å². The summed E-state index contributed by atoms with van der Waals surface area (Å²) in [7, 11) is -0.871. The number of aliphatic imine (C=N–C) groups is 1. The van der Waals surface area contributed by atoms with Gasteiger partial charge in [0.2, 0.25) is 0 Å². The molecule has 0 aromatic rings. The van der Waals surface area contributed by atoms with Gasteiger partial charge < -0.3 is 15.1 Å². The van der Waals surface area contributed by atoms with Gasteiger partial charge >= 0.3 is 0 Å². The molecular formula is C17H36IN5O2S. The quantitative estimate of drug-likeness (QED) is 0.348. The predicted octanol–water partition coefficient (Wildman–Crippen LogP) is 0.715. The van der Waals surface area contributed by atoms with E-state index in [9.17, 15) is 8.42 Å². The van der Waals surface area contributed by atoms with Crippen LogP contribution in [-0.2, 0) is 9.84 Å². The molecule has 154 valence electrons. The highest BCUT2D eigenvalue weighted by atomic mass is 127. The van der Waals surface area contributed by atoms with Gasteiger partial charge in [-0.3, -0.25) is 9.89 Å². The first-order valence-corrected chi connectivity index (χ1v) is 11.0. The van der Waals surface area contributed by atoms with Crippen LogP contribution in [0, 0.1) is 0 Å². The van der Waals surface area contributed by atoms with Gasteiger partial charge in [0.05, 0.1) is 17.0 Å². The molecule has 26 heavy (non-hydrogen) atoms. The summed E-state index contributed by atoms with van der Waals surface area (Å²) in [5.74, 6) is 1.03. The number of rotatable bonds is 4. The predicted molar refractivity (Wildman–Crippen MR) is 119 cm³/mol. The minimum Gasteiger partial charge on any atom is -0.357 e. The second kappa shape index (κ2) is 9.88. The van der Waals surface area contributed by atoms with Crippen molar-refractivity contribution in [3.8, 4) is 0 Å². The summed E-state index contributed by atoms with van der Waals surface area (Å²) in [4.78, 5) is 11.8. The van der Waals surface area contributed by atoms with Crippen LogP contribution in [0.4, 0.5) is 0 Å². The Morgan fingerprint density at radius 2 is 1.81 bits per heavy atom. The van der Waals surface area contributed by atoms with Crippen LogP contribution < -0.4 is 5.32 Å². The summed E-state index contributed by atoms with van der Waals surface area (Å²) in [6.45, 7) is 14.8. The summed E-state index contributed by atoms with van der Waals surface area (Å²) < 4.78 is 23.7. The first-order chi connectivity index (χ1) is 11.7. The minimum atomic E-state index is -3.03. The highest BCUT2D eigenvalue weighted by Gasteiger charge is 2.41. The molecule has 0 saturated carbocycles. The number of nitrogens with zero attached hydrogens (tertiary/aromatic N) is 4. The number of nitrogens with one attached hydrogen (secondary N) is 1. The summed E-state index contributed by atoms with van der Waals surface area (Å²) in [5, 5.41) is 3.34. The van der Waals surface area contributed by atoms with Gasteiger partial charge in [-0.15, -0.1) is 24.0 Å². The lowest BCUT2D eigenvalue weighted by molar-refractivity contribution is 0.122. The minimum absolute atomic E-state index is 0. The molecule has 0 amide bonds. The number of hydrogen-bond acceptors (Lipinski definition) is 5. The van der Waals surface area contributed by atoms with Crippen LogP contribution in [0.25, 0.3) is 0 Å². The van der Waals surface area contributed by atoms with Gasteiger partial charge in [-0.2, -0.15) is 0 Å². The van der Waals surface area contributed by atoms with E-state index in [0.29, 0.717) is 19.1 Å². The SMILES string of the molecule is CCNC(=NCC(C)N1CCN(C)CC1)N1CCS(=O)(=O)C(C)(C)C1.I. The highest BCUT2D eigenvalue weighted by molar-refractivity contribution is 14.0. The fourth-order valence-electron chi connectivity index (χ4n) is 3.35. The first kappa shape index (κ1) is 23.9. The molecule has 0 aromatic carbocycles. The summed E-state index contributed by atoms with van der Waals surface area (Å²) in [5.41, 5.74) is 0. The standard InChI is InChI=1S/C17H35N5O2S.HI/c1-6-18-16(22-11-12-25(23,24)17(3,4)14-22)19-13-15(2)21-9-7-20(5)8-10-21;/h15H,6-14H2,1-5H3,(H,18,19);1H. The Labute approximate surface area is 176 Å². The van der Waals surface area contributed by atoms with Gasteiger partial charge in [-0.05, 0) is 34.7 Å². The maximum Gasteiger partial charge on any atom is 0.194 e. The Kier molecular flexibility index (Phi) is 9.09. The van der Waals surface area contributed by atoms with Crippen molar-refractivity contribution < 1.29 is 8.42 Å². The molecule has 1 atom stereocenters. The van der Waals surface area contributed by atoms with Crippen LogP contribution in [0.2, 0.25) is 0 Å². The van der Waals surface area contributed by atoms with Crippen molar-refractivity contribution in [2.75, 3.05) is 65.2 Å². The molecule has 0 bridgehead atoms. The first-order valence-electron chi connectivity index (χ1n) is 9.34. The van der Waals surface area contributed by atoms with Gasteiger partial charge in [-0.25, -0.2) is 8.42 Å². The zero-order chi connectivity index (χ0) is 18.7. The second-order valence-corrected chi connectivity index (χ2v) is 10.6. The molecule has 1 N–H and O–H groups in total. The molecule has 2 saturated heterocycles. The fourth-order valence-corrected chi connectivity index (χ4v) is 4.71. The maximum atomic E-state index is 12.2. The Morgan fingerprint density at radius 3 is 2.35 bits per heavy atom. The highest BCUT2D eigenvalue weighted by Crippen LogP contribution is 2.23. The molecule has 1 unspecified atom stereocenters. The molecule has 0 radical (unpaired) electrons. The molecule has 0 spiro atoms. The van der Waals surface area contributed by atoms with Gasteiger partial charge in [0.15, 0.2) is 15.8 Å². The van der Waals surface area contributed by atoms with Gasteiger partial charge in [0, 0.05) is 51.9 Å². The van der Waals surface area contributed by atoms with E-state index >= 15 is 0 Å².